The number of rotatable bonds is 6. The van der Waals surface area contributed by atoms with Crippen LogP contribution >= 0.6 is 0 Å². The molecule has 5 rings (SSSR count). The second-order valence-electron chi connectivity index (χ2n) is 8.44. The van der Waals surface area contributed by atoms with Crippen molar-refractivity contribution in [1.82, 2.24) is 9.63 Å². The van der Waals surface area contributed by atoms with Crippen LogP contribution < -0.4 is 0 Å². The molecule has 0 bridgehead atoms. The second-order valence-corrected chi connectivity index (χ2v) is 8.44. The third-order valence-corrected chi connectivity index (χ3v) is 6.33. The van der Waals surface area contributed by atoms with E-state index in [-0.39, 0.29) is 44.4 Å². The smallest absolute Gasteiger partial charge is 0.416 e. The number of amides is 2. The first kappa shape index (κ1) is 25.4. The fraction of sp³-hybridized carbons (Fsp3) is 0.107. The molecule has 0 saturated heterocycles. The first-order valence-corrected chi connectivity index (χ1v) is 11.6. The Hall–Kier alpha value is -5.29. The third-order valence-electron chi connectivity index (χ3n) is 6.33. The van der Waals surface area contributed by atoms with Crippen LogP contribution in [0.2, 0.25) is 0 Å². The Balaban J connectivity index is 1.76. The monoisotopic (exact) mass is 528 g/mol. The predicted molar refractivity (Wildman–Crippen MR) is 135 cm³/mol. The molecule has 1 aliphatic heterocycles. The number of imide groups is 1. The number of benzene rings is 3. The van der Waals surface area contributed by atoms with Crippen LogP contribution in [0, 0.1) is 0 Å². The van der Waals surface area contributed by atoms with Gasteiger partial charge in [-0.1, -0.05) is 42.5 Å². The number of hydroxylamine groups is 2. The van der Waals surface area contributed by atoms with E-state index in [9.17, 15) is 29.1 Å². The number of ether oxygens (including phenoxy) is 2. The Morgan fingerprint density at radius 1 is 0.821 bits per heavy atom. The number of hydrogen-bond acceptors (Lipinski definition) is 8. The van der Waals surface area contributed by atoms with Crippen molar-refractivity contribution in [3.63, 3.8) is 0 Å². The molecule has 196 valence electrons. The van der Waals surface area contributed by atoms with Gasteiger partial charge < -0.3 is 14.6 Å². The number of hydrogen-bond donors (Lipinski definition) is 1. The summed E-state index contributed by atoms with van der Waals surface area (Å²) < 4.78 is 10.6. The molecule has 1 aromatic heterocycles. The van der Waals surface area contributed by atoms with Gasteiger partial charge in [0.2, 0.25) is 0 Å². The van der Waals surface area contributed by atoms with E-state index < -0.39 is 36.5 Å². The molecule has 2 heterocycles. The minimum absolute atomic E-state index is 0.0226. The maximum absolute atomic E-state index is 12.9. The second kappa shape index (κ2) is 9.88. The highest BCUT2D eigenvalue weighted by Crippen LogP contribution is 2.38. The molecular formula is C28H20N2O9. The van der Waals surface area contributed by atoms with Gasteiger partial charge in [0, 0.05) is 10.9 Å². The van der Waals surface area contributed by atoms with Gasteiger partial charge in [0.05, 0.1) is 47.7 Å². The summed E-state index contributed by atoms with van der Waals surface area (Å²) in [6.45, 7) is -0.478. The molecule has 0 unspecified atom stereocenters. The summed E-state index contributed by atoms with van der Waals surface area (Å²) in [6.07, 6.45) is -1.41. The molecule has 3 aromatic carbocycles. The number of carbonyl (C=O) groups is 5. The van der Waals surface area contributed by atoms with Gasteiger partial charge in [0.15, 0.2) is 0 Å². The van der Waals surface area contributed by atoms with Crippen molar-refractivity contribution in [3.05, 3.63) is 94.5 Å². The maximum atomic E-state index is 12.9. The molecular weight excluding hydrogens is 508 g/mol. The van der Waals surface area contributed by atoms with Gasteiger partial charge in [-0.15, -0.1) is 5.06 Å². The Morgan fingerprint density at radius 3 is 1.97 bits per heavy atom. The zero-order chi connectivity index (χ0) is 27.8. The number of esters is 2. The molecule has 39 heavy (non-hydrogen) atoms. The van der Waals surface area contributed by atoms with Crippen LogP contribution in [0.4, 0.5) is 4.79 Å². The fourth-order valence-corrected chi connectivity index (χ4v) is 4.65. The first-order chi connectivity index (χ1) is 18.8. The number of carbonyl (C=O) groups excluding carboxylic acids is 4. The molecule has 0 saturated carbocycles. The van der Waals surface area contributed by atoms with Crippen LogP contribution in [-0.4, -0.2) is 58.8 Å². The van der Waals surface area contributed by atoms with Gasteiger partial charge in [-0.3, -0.25) is 14.4 Å². The predicted octanol–water partition coefficient (Wildman–Crippen LogP) is 4.14. The van der Waals surface area contributed by atoms with E-state index in [1.807, 2.05) is 0 Å². The molecule has 11 nitrogen and oxygen atoms in total. The molecule has 2 amide bonds. The summed E-state index contributed by atoms with van der Waals surface area (Å²) in [5.74, 6) is -3.01. The summed E-state index contributed by atoms with van der Waals surface area (Å²) in [6, 6.07) is 17.1. The molecule has 1 aliphatic rings. The Bertz CT molecular complexity index is 1650. The summed E-state index contributed by atoms with van der Waals surface area (Å²) in [4.78, 5) is 69.4. The van der Waals surface area contributed by atoms with Crippen molar-refractivity contribution >= 4 is 40.7 Å². The van der Waals surface area contributed by atoms with Crippen LogP contribution in [0.1, 0.15) is 47.0 Å². The standard InChI is InChI=1S/C28H20N2O9/c1-37-26(33)16-12-19(27(34)38-2)22-20(14-39-30-24(31)17-10-6-7-11-18(17)25(30)32)23(15-8-4-3-5-9-15)29(28(35)36)21(22)13-16/h3-13H,14H2,1-2H3,(H,35,36). The Kier molecular flexibility index (Phi) is 6.42. The summed E-state index contributed by atoms with van der Waals surface area (Å²) in [5.41, 5.74) is 0.812. The van der Waals surface area contributed by atoms with E-state index >= 15 is 0 Å². The van der Waals surface area contributed by atoms with Crippen LogP contribution in [0.3, 0.4) is 0 Å². The molecule has 0 spiro atoms. The Labute approximate surface area is 220 Å². The quantitative estimate of drug-likeness (QED) is 0.289. The van der Waals surface area contributed by atoms with E-state index in [0.29, 0.717) is 10.6 Å². The summed E-state index contributed by atoms with van der Waals surface area (Å²) in [7, 11) is 2.29. The number of aromatic nitrogens is 1. The maximum Gasteiger partial charge on any atom is 0.416 e. The largest absolute Gasteiger partial charge is 0.465 e. The number of fused-ring (bicyclic) bond motifs is 2. The average molecular weight is 528 g/mol. The zero-order valence-electron chi connectivity index (χ0n) is 20.7. The van der Waals surface area contributed by atoms with E-state index in [4.69, 9.17) is 14.3 Å². The van der Waals surface area contributed by atoms with Gasteiger partial charge >= 0.3 is 18.0 Å². The third kappa shape index (κ3) is 4.10. The lowest BCUT2D eigenvalue weighted by Crippen LogP contribution is -2.29. The molecule has 0 radical (unpaired) electrons. The van der Waals surface area contributed by atoms with E-state index in [2.05, 4.69) is 0 Å². The SMILES string of the molecule is COC(=O)c1cc(C(=O)OC)c2c(CON3C(=O)c4ccccc4C3=O)c(-c3ccccc3)n(C(=O)O)c2c1. The zero-order valence-corrected chi connectivity index (χ0v) is 20.7. The van der Waals surface area contributed by atoms with Crippen molar-refractivity contribution in [1.29, 1.82) is 0 Å². The molecule has 11 heteroatoms. The Morgan fingerprint density at radius 2 is 1.41 bits per heavy atom. The minimum Gasteiger partial charge on any atom is -0.465 e. The molecule has 4 aromatic rings. The van der Waals surface area contributed by atoms with E-state index in [1.54, 1.807) is 42.5 Å². The molecule has 0 atom stereocenters. The van der Waals surface area contributed by atoms with Crippen molar-refractivity contribution in [2.24, 2.45) is 0 Å². The highest BCUT2D eigenvalue weighted by molar-refractivity contribution is 6.20. The molecule has 0 aliphatic carbocycles. The van der Waals surface area contributed by atoms with Gasteiger partial charge in [-0.2, -0.15) is 0 Å². The molecule has 1 N–H and O–H groups in total. The minimum atomic E-state index is -1.41. The van der Waals surface area contributed by atoms with Gasteiger partial charge in [-0.25, -0.2) is 19.0 Å². The van der Waals surface area contributed by atoms with Crippen molar-refractivity contribution in [2.75, 3.05) is 14.2 Å². The van der Waals surface area contributed by atoms with Gasteiger partial charge in [-0.05, 0) is 29.8 Å². The summed E-state index contributed by atoms with van der Waals surface area (Å²) in [5, 5.41) is 11.0. The fourth-order valence-electron chi connectivity index (χ4n) is 4.65. The van der Waals surface area contributed by atoms with Crippen LogP contribution in [0.5, 0.6) is 0 Å². The van der Waals surface area contributed by atoms with E-state index in [0.717, 1.165) is 18.8 Å². The van der Waals surface area contributed by atoms with Crippen molar-refractivity contribution in [3.8, 4) is 11.3 Å². The molecule has 0 fully saturated rings. The van der Waals surface area contributed by atoms with Gasteiger partial charge in [0.25, 0.3) is 11.8 Å². The van der Waals surface area contributed by atoms with Crippen LogP contribution in [0.25, 0.3) is 22.2 Å². The number of nitrogens with zero attached hydrogens (tertiary/aromatic N) is 2. The topological polar surface area (TPSA) is 141 Å². The van der Waals surface area contributed by atoms with E-state index in [1.165, 1.54) is 24.3 Å². The lowest BCUT2D eigenvalue weighted by Gasteiger charge is -2.15. The summed E-state index contributed by atoms with van der Waals surface area (Å²) >= 11 is 0. The first-order valence-electron chi connectivity index (χ1n) is 11.6. The average Bonchev–Trinajstić information content (AvgIpc) is 3.42. The number of methoxy groups -OCH3 is 2. The number of carboxylic acid groups (broad SMARTS) is 1. The lowest BCUT2D eigenvalue weighted by molar-refractivity contribution is -0.100. The highest BCUT2D eigenvalue weighted by Gasteiger charge is 2.37. The van der Waals surface area contributed by atoms with Gasteiger partial charge in [0.1, 0.15) is 6.61 Å². The highest BCUT2D eigenvalue weighted by atomic mass is 16.7. The van der Waals surface area contributed by atoms with Crippen molar-refractivity contribution in [2.45, 2.75) is 6.61 Å². The lowest BCUT2D eigenvalue weighted by atomic mass is 10.00. The van der Waals surface area contributed by atoms with Crippen LogP contribution in [0.15, 0.2) is 66.7 Å². The normalized spacial score (nSPS) is 12.5. The van der Waals surface area contributed by atoms with Crippen molar-refractivity contribution < 1.29 is 43.4 Å². The van der Waals surface area contributed by atoms with Crippen LogP contribution in [-0.2, 0) is 20.9 Å².